The first-order chi connectivity index (χ1) is 9.00. The van der Waals surface area contributed by atoms with Gasteiger partial charge in [-0.3, -0.25) is 0 Å². The molecule has 1 aliphatic rings. The van der Waals surface area contributed by atoms with Gasteiger partial charge in [0.2, 0.25) is 0 Å². The van der Waals surface area contributed by atoms with Crippen molar-refractivity contribution in [3.63, 3.8) is 0 Å². The van der Waals surface area contributed by atoms with Crippen molar-refractivity contribution in [1.29, 1.82) is 0 Å². The average molecular weight is 293 g/mol. The molecule has 1 fully saturated rings. The lowest BCUT2D eigenvalue weighted by molar-refractivity contribution is -0.193. The van der Waals surface area contributed by atoms with Crippen molar-refractivity contribution in [3.05, 3.63) is 0 Å². The summed E-state index contributed by atoms with van der Waals surface area (Å²) in [6, 6.07) is -1.36. The van der Waals surface area contributed by atoms with Crippen LogP contribution in [-0.4, -0.2) is 73.8 Å². The minimum absolute atomic E-state index is 0.404. The van der Waals surface area contributed by atoms with Gasteiger partial charge in [0.25, 0.3) is 0 Å². The van der Waals surface area contributed by atoms with Crippen LogP contribution in [0.4, 0.5) is 4.79 Å². The number of nitrogens with one attached hydrogen (secondary N) is 1. The molecule has 5 atom stereocenters. The highest BCUT2D eigenvalue weighted by Crippen LogP contribution is 2.29. The van der Waals surface area contributed by atoms with Crippen molar-refractivity contribution in [2.75, 3.05) is 6.61 Å². The molecule has 118 valence electrons. The second kappa shape index (κ2) is 5.82. The first kappa shape index (κ1) is 17.1. The lowest BCUT2D eigenvalue weighted by Crippen LogP contribution is -2.69. The van der Waals surface area contributed by atoms with Gasteiger partial charge < -0.3 is 35.6 Å². The third kappa shape index (κ3) is 3.80. The lowest BCUT2D eigenvalue weighted by atomic mass is 9.76. The van der Waals surface area contributed by atoms with Gasteiger partial charge in [0.15, 0.2) is 0 Å². The van der Waals surface area contributed by atoms with Gasteiger partial charge in [-0.25, -0.2) is 4.79 Å². The highest BCUT2D eigenvalue weighted by atomic mass is 16.6. The number of ether oxygens (including phenoxy) is 1. The second-order valence-electron chi connectivity index (χ2n) is 6.14. The Balaban J connectivity index is 2.82. The zero-order valence-corrected chi connectivity index (χ0v) is 11.8. The van der Waals surface area contributed by atoms with Gasteiger partial charge >= 0.3 is 6.09 Å². The molecule has 0 aromatic carbocycles. The number of aliphatic hydroxyl groups excluding tert-OH is 4. The van der Waals surface area contributed by atoms with Gasteiger partial charge in [0, 0.05) is 6.42 Å². The van der Waals surface area contributed by atoms with Gasteiger partial charge in [0.05, 0.1) is 18.8 Å². The van der Waals surface area contributed by atoms with Gasteiger partial charge in [-0.05, 0) is 20.8 Å². The molecular weight excluding hydrogens is 270 g/mol. The summed E-state index contributed by atoms with van der Waals surface area (Å²) < 4.78 is 4.98. The number of hydrogen-bond donors (Lipinski definition) is 6. The monoisotopic (exact) mass is 293 g/mol. The summed E-state index contributed by atoms with van der Waals surface area (Å²) in [6.45, 7) is 4.10. The first-order valence-electron chi connectivity index (χ1n) is 6.37. The summed E-state index contributed by atoms with van der Waals surface area (Å²) in [5.41, 5.74) is -2.78. The molecule has 1 saturated carbocycles. The number of aliphatic hydroxyl groups is 5. The molecule has 0 bridgehead atoms. The third-order valence-electron chi connectivity index (χ3n) is 3.17. The van der Waals surface area contributed by atoms with Crippen LogP contribution in [0.25, 0.3) is 0 Å². The Morgan fingerprint density at radius 1 is 1.35 bits per heavy atom. The molecule has 0 aliphatic heterocycles. The lowest BCUT2D eigenvalue weighted by Gasteiger charge is -2.45. The number of carbonyl (C=O) groups is 1. The van der Waals surface area contributed by atoms with Crippen molar-refractivity contribution < 1.29 is 35.1 Å². The zero-order valence-electron chi connectivity index (χ0n) is 11.8. The Labute approximate surface area is 117 Å². The van der Waals surface area contributed by atoms with Gasteiger partial charge in [-0.2, -0.15) is 0 Å². The predicted molar refractivity (Wildman–Crippen MR) is 67.8 cm³/mol. The molecule has 0 heterocycles. The highest BCUT2D eigenvalue weighted by molar-refractivity contribution is 5.68. The van der Waals surface area contributed by atoms with E-state index in [0.29, 0.717) is 0 Å². The fraction of sp³-hybridized carbons (Fsp3) is 0.917. The smallest absolute Gasteiger partial charge is 0.408 e. The van der Waals surface area contributed by atoms with E-state index in [1.807, 2.05) is 0 Å². The average Bonchev–Trinajstić information content (AvgIpc) is 2.30. The van der Waals surface area contributed by atoms with Crippen LogP contribution >= 0.6 is 0 Å². The first-order valence-corrected chi connectivity index (χ1v) is 6.37. The maximum absolute atomic E-state index is 11.6. The maximum Gasteiger partial charge on any atom is 0.408 e. The Hall–Kier alpha value is -0.930. The molecule has 0 spiro atoms. The quantitative estimate of drug-likeness (QED) is 0.349. The van der Waals surface area contributed by atoms with Crippen LogP contribution in [0.2, 0.25) is 0 Å². The molecule has 0 aromatic heterocycles. The van der Waals surface area contributed by atoms with Crippen LogP contribution in [0.1, 0.15) is 27.2 Å². The third-order valence-corrected chi connectivity index (χ3v) is 3.17. The van der Waals surface area contributed by atoms with Crippen LogP contribution in [0.3, 0.4) is 0 Å². The Morgan fingerprint density at radius 3 is 2.35 bits per heavy atom. The Morgan fingerprint density at radius 2 is 1.90 bits per heavy atom. The van der Waals surface area contributed by atoms with E-state index in [-0.39, 0.29) is 0 Å². The van der Waals surface area contributed by atoms with E-state index < -0.39 is 54.7 Å². The van der Waals surface area contributed by atoms with Crippen molar-refractivity contribution in [2.45, 2.75) is 62.7 Å². The molecular formula is C12H23NO7. The fourth-order valence-corrected chi connectivity index (χ4v) is 2.13. The molecule has 0 aromatic rings. The van der Waals surface area contributed by atoms with Crippen LogP contribution in [-0.2, 0) is 4.74 Å². The fourth-order valence-electron chi connectivity index (χ4n) is 2.13. The number of carbonyl (C=O) groups excluding carboxylic acids is 1. The Kier molecular flexibility index (Phi) is 4.99. The molecule has 8 nitrogen and oxygen atoms in total. The van der Waals surface area contributed by atoms with Crippen molar-refractivity contribution in [2.24, 2.45) is 0 Å². The van der Waals surface area contributed by atoms with Crippen molar-refractivity contribution >= 4 is 6.09 Å². The predicted octanol–water partition coefficient (Wildman–Crippen LogP) is -1.91. The molecule has 1 amide bonds. The second-order valence-corrected chi connectivity index (χ2v) is 6.14. The maximum atomic E-state index is 11.6. The summed E-state index contributed by atoms with van der Waals surface area (Å²) in [7, 11) is 0. The topological polar surface area (TPSA) is 139 Å². The minimum atomic E-state index is -2.00. The minimum Gasteiger partial charge on any atom is -0.444 e. The molecule has 1 rings (SSSR count). The summed E-state index contributed by atoms with van der Waals surface area (Å²) in [4.78, 5) is 11.6. The van der Waals surface area contributed by atoms with Crippen LogP contribution in [0.15, 0.2) is 0 Å². The summed E-state index contributed by atoms with van der Waals surface area (Å²) >= 11 is 0. The normalized spacial score (nSPS) is 38.4. The molecule has 8 heteroatoms. The van der Waals surface area contributed by atoms with E-state index in [0.717, 1.165) is 0 Å². The van der Waals surface area contributed by atoms with Crippen LogP contribution in [0.5, 0.6) is 0 Å². The summed E-state index contributed by atoms with van der Waals surface area (Å²) in [5, 5.41) is 50.7. The van der Waals surface area contributed by atoms with E-state index in [4.69, 9.17) is 9.84 Å². The molecule has 0 unspecified atom stereocenters. The van der Waals surface area contributed by atoms with E-state index in [2.05, 4.69) is 5.32 Å². The van der Waals surface area contributed by atoms with E-state index in [9.17, 15) is 25.2 Å². The Bertz CT molecular complexity index is 356. The van der Waals surface area contributed by atoms with E-state index in [1.165, 1.54) is 0 Å². The van der Waals surface area contributed by atoms with Crippen molar-refractivity contribution in [3.8, 4) is 0 Å². The number of rotatable bonds is 2. The summed E-state index contributed by atoms with van der Waals surface area (Å²) in [5.74, 6) is 0. The molecule has 20 heavy (non-hydrogen) atoms. The largest absolute Gasteiger partial charge is 0.444 e. The molecule has 1 aliphatic carbocycles. The van der Waals surface area contributed by atoms with E-state index in [1.54, 1.807) is 20.8 Å². The zero-order chi connectivity index (χ0) is 15.7. The number of alkyl carbamates (subject to hydrolysis) is 1. The van der Waals surface area contributed by atoms with Gasteiger partial charge in [-0.1, -0.05) is 0 Å². The SMILES string of the molecule is CC(C)(C)OC(=O)N[C@H]1[C@@H](O)[C@H](O)C[C@](O)(CO)[C@@H]1O. The number of hydrogen-bond acceptors (Lipinski definition) is 7. The van der Waals surface area contributed by atoms with Gasteiger partial charge in [-0.15, -0.1) is 0 Å². The van der Waals surface area contributed by atoms with Gasteiger partial charge in [0.1, 0.15) is 23.4 Å². The van der Waals surface area contributed by atoms with Crippen LogP contribution in [0, 0.1) is 0 Å². The molecule has 6 N–H and O–H groups in total. The molecule has 0 radical (unpaired) electrons. The summed E-state index contributed by atoms with van der Waals surface area (Å²) in [6.07, 6.45) is -5.83. The highest BCUT2D eigenvalue weighted by Gasteiger charge is 2.52. The number of amides is 1. The van der Waals surface area contributed by atoms with Crippen LogP contribution < -0.4 is 5.32 Å². The molecule has 0 saturated heterocycles. The van der Waals surface area contributed by atoms with E-state index >= 15 is 0 Å². The van der Waals surface area contributed by atoms with Crippen molar-refractivity contribution in [1.82, 2.24) is 5.32 Å². The standard InChI is InChI=1S/C12H23NO7/c1-11(2,3)20-10(18)13-7-8(16)6(15)4-12(19,5-14)9(7)17/h6-9,14-17,19H,4-5H2,1-3H3,(H,13,18)/t6-,7+,8+,9-,12+/m1/s1.